The fourth-order valence-electron chi connectivity index (χ4n) is 3.59. The first-order valence-corrected chi connectivity index (χ1v) is 8.29. The minimum absolute atomic E-state index is 0.168. The van der Waals surface area contributed by atoms with Crippen molar-refractivity contribution in [2.45, 2.75) is 30.2 Å². The van der Waals surface area contributed by atoms with Gasteiger partial charge >= 0.3 is 0 Å². The number of hydrogen-bond donors (Lipinski definition) is 0. The largest absolute Gasteiger partial charge is 0.490 e. The lowest BCUT2D eigenvalue weighted by atomic mass is 9.96. The van der Waals surface area contributed by atoms with Crippen LogP contribution in [0.3, 0.4) is 0 Å². The molecule has 4 rings (SSSR count). The first kappa shape index (κ1) is 13.3. The molecule has 0 amide bonds. The van der Waals surface area contributed by atoms with Crippen molar-refractivity contribution in [2.75, 3.05) is 0 Å². The van der Waals surface area contributed by atoms with Gasteiger partial charge in [0.2, 0.25) is 0 Å². The third-order valence-corrected chi connectivity index (χ3v) is 5.82. The van der Waals surface area contributed by atoms with E-state index in [1.165, 1.54) is 17.2 Å². The first-order chi connectivity index (χ1) is 10.2. The van der Waals surface area contributed by atoms with Crippen molar-refractivity contribution >= 4 is 15.9 Å². The summed E-state index contributed by atoms with van der Waals surface area (Å²) in [6.45, 7) is 0. The molecule has 0 fully saturated rings. The zero-order valence-electron chi connectivity index (χ0n) is 11.6. The molecule has 3 unspecified atom stereocenters. The quantitative estimate of drug-likeness (QED) is 0.707. The van der Waals surface area contributed by atoms with Crippen LogP contribution in [0.4, 0.5) is 4.39 Å². The van der Waals surface area contributed by atoms with Gasteiger partial charge in [0.05, 0.1) is 0 Å². The molecule has 1 heterocycles. The smallest absolute Gasteiger partial charge is 0.123 e. The molecular weight excluding hydrogens is 331 g/mol. The predicted molar refractivity (Wildman–Crippen MR) is 84.4 cm³/mol. The summed E-state index contributed by atoms with van der Waals surface area (Å²) in [4.78, 5) is 0.401. The van der Waals surface area contributed by atoms with Gasteiger partial charge in [-0.15, -0.1) is 0 Å². The van der Waals surface area contributed by atoms with Crippen molar-refractivity contribution in [1.29, 1.82) is 0 Å². The Balaban J connectivity index is 1.48. The Morgan fingerprint density at radius 2 is 1.95 bits per heavy atom. The number of hydrogen-bond acceptors (Lipinski definition) is 1. The molecular formula is C18H16BrFO. The summed E-state index contributed by atoms with van der Waals surface area (Å²) in [5.41, 5.74) is 3.84. The van der Waals surface area contributed by atoms with Crippen molar-refractivity contribution in [1.82, 2.24) is 0 Å². The average molecular weight is 347 g/mol. The molecule has 0 aromatic heterocycles. The maximum absolute atomic E-state index is 13.3. The van der Waals surface area contributed by atoms with Crippen LogP contribution in [-0.4, -0.2) is 6.10 Å². The summed E-state index contributed by atoms with van der Waals surface area (Å²) in [5, 5.41) is 0. The standard InChI is InChI=1S/C18H16BrFO/c19-18-13(7-11-3-1-2-4-16(11)18)10-15-9-12-8-14(20)5-6-17(12)21-15/h1-6,8,13,15,18H,7,9-10H2. The van der Waals surface area contributed by atoms with E-state index < -0.39 is 0 Å². The summed E-state index contributed by atoms with van der Waals surface area (Å²) < 4.78 is 19.3. The second-order valence-corrected chi connectivity index (χ2v) is 6.98. The molecule has 2 aliphatic rings. The van der Waals surface area contributed by atoms with Gasteiger partial charge in [-0.3, -0.25) is 0 Å². The molecule has 0 N–H and O–H groups in total. The van der Waals surface area contributed by atoms with Crippen LogP contribution in [-0.2, 0) is 12.8 Å². The summed E-state index contributed by atoms with van der Waals surface area (Å²) in [7, 11) is 0. The molecule has 2 aromatic rings. The minimum Gasteiger partial charge on any atom is -0.490 e. The zero-order chi connectivity index (χ0) is 14.4. The van der Waals surface area contributed by atoms with Gasteiger partial charge in [0, 0.05) is 16.8 Å². The fraction of sp³-hybridized carbons (Fsp3) is 0.333. The van der Waals surface area contributed by atoms with Gasteiger partial charge < -0.3 is 4.74 Å². The average Bonchev–Trinajstić information content (AvgIpc) is 3.01. The van der Waals surface area contributed by atoms with E-state index in [1.807, 2.05) is 0 Å². The Bertz CT molecular complexity index is 685. The van der Waals surface area contributed by atoms with E-state index in [0.29, 0.717) is 10.7 Å². The predicted octanol–water partition coefficient (Wildman–Crippen LogP) is 4.83. The van der Waals surface area contributed by atoms with Gasteiger partial charge in [0.25, 0.3) is 0 Å². The van der Waals surface area contributed by atoms with Crippen LogP contribution in [0.2, 0.25) is 0 Å². The van der Waals surface area contributed by atoms with Crippen molar-refractivity contribution < 1.29 is 9.13 Å². The van der Waals surface area contributed by atoms with Crippen LogP contribution in [0.25, 0.3) is 0 Å². The molecule has 1 aliphatic carbocycles. The van der Waals surface area contributed by atoms with Crippen LogP contribution < -0.4 is 4.74 Å². The SMILES string of the molecule is Fc1ccc2c(c1)CC(CC1Cc3ccccc3C1Br)O2. The number of alkyl halides is 1. The molecule has 0 spiro atoms. The lowest BCUT2D eigenvalue weighted by Crippen LogP contribution is -2.19. The maximum atomic E-state index is 13.3. The number of halogens is 2. The van der Waals surface area contributed by atoms with E-state index in [-0.39, 0.29) is 11.9 Å². The van der Waals surface area contributed by atoms with Crippen LogP contribution in [0.1, 0.15) is 27.9 Å². The molecule has 21 heavy (non-hydrogen) atoms. The number of fused-ring (bicyclic) bond motifs is 2. The molecule has 0 radical (unpaired) electrons. The van der Waals surface area contributed by atoms with E-state index >= 15 is 0 Å². The Morgan fingerprint density at radius 1 is 1.10 bits per heavy atom. The van der Waals surface area contributed by atoms with Crippen LogP contribution >= 0.6 is 15.9 Å². The summed E-state index contributed by atoms with van der Waals surface area (Å²) in [6.07, 6.45) is 3.08. The molecule has 1 aliphatic heterocycles. The van der Waals surface area contributed by atoms with Gasteiger partial charge in [-0.1, -0.05) is 40.2 Å². The fourth-order valence-corrected chi connectivity index (χ4v) is 4.44. The zero-order valence-corrected chi connectivity index (χ0v) is 13.1. The maximum Gasteiger partial charge on any atom is 0.123 e. The van der Waals surface area contributed by atoms with Gasteiger partial charge in [0.1, 0.15) is 17.7 Å². The number of ether oxygens (including phenoxy) is 1. The third-order valence-electron chi connectivity index (χ3n) is 4.58. The van der Waals surface area contributed by atoms with E-state index in [0.717, 1.165) is 30.6 Å². The topological polar surface area (TPSA) is 9.23 Å². The first-order valence-electron chi connectivity index (χ1n) is 7.37. The van der Waals surface area contributed by atoms with Gasteiger partial charge in [-0.25, -0.2) is 4.39 Å². The monoisotopic (exact) mass is 346 g/mol. The Morgan fingerprint density at radius 3 is 2.81 bits per heavy atom. The van der Waals surface area contributed by atoms with Crippen molar-refractivity contribution in [3.05, 3.63) is 65.0 Å². The Hall–Kier alpha value is -1.35. The molecule has 108 valence electrons. The molecule has 2 aromatic carbocycles. The number of benzene rings is 2. The highest BCUT2D eigenvalue weighted by Crippen LogP contribution is 2.45. The van der Waals surface area contributed by atoms with Crippen molar-refractivity contribution in [3.63, 3.8) is 0 Å². The Kier molecular flexibility index (Phi) is 3.26. The highest BCUT2D eigenvalue weighted by Gasteiger charge is 2.34. The third kappa shape index (κ3) is 2.38. The summed E-state index contributed by atoms with van der Waals surface area (Å²) >= 11 is 3.84. The van der Waals surface area contributed by atoms with E-state index in [4.69, 9.17) is 4.74 Å². The Labute approximate surface area is 132 Å². The highest BCUT2D eigenvalue weighted by atomic mass is 79.9. The summed E-state index contributed by atoms with van der Waals surface area (Å²) in [5.74, 6) is 1.22. The lowest BCUT2D eigenvalue weighted by molar-refractivity contribution is 0.195. The summed E-state index contributed by atoms with van der Waals surface area (Å²) in [6, 6.07) is 13.4. The van der Waals surface area contributed by atoms with Gasteiger partial charge in [-0.05, 0) is 48.1 Å². The molecule has 0 bridgehead atoms. The molecule has 3 atom stereocenters. The van der Waals surface area contributed by atoms with E-state index in [9.17, 15) is 4.39 Å². The van der Waals surface area contributed by atoms with Crippen LogP contribution in [0.5, 0.6) is 5.75 Å². The molecule has 1 nitrogen and oxygen atoms in total. The van der Waals surface area contributed by atoms with Crippen LogP contribution in [0, 0.1) is 11.7 Å². The number of rotatable bonds is 2. The van der Waals surface area contributed by atoms with Crippen molar-refractivity contribution in [2.24, 2.45) is 5.92 Å². The van der Waals surface area contributed by atoms with Gasteiger partial charge in [0.15, 0.2) is 0 Å². The highest BCUT2D eigenvalue weighted by molar-refractivity contribution is 9.09. The van der Waals surface area contributed by atoms with Crippen LogP contribution in [0.15, 0.2) is 42.5 Å². The normalized spacial score (nSPS) is 26.3. The minimum atomic E-state index is -0.176. The van der Waals surface area contributed by atoms with E-state index in [2.05, 4.69) is 40.2 Å². The van der Waals surface area contributed by atoms with E-state index in [1.54, 1.807) is 12.1 Å². The molecule has 3 heteroatoms. The second-order valence-electron chi connectivity index (χ2n) is 6.00. The second kappa shape index (κ2) is 5.13. The van der Waals surface area contributed by atoms with Gasteiger partial charge in [-0.2, -0.15) is 0 Å². The lowest BCUT2D eigenvalue weighted by Gasteiger charge is -2.19. The molecule has 0 saturated heterocycles. The van der Waals surface area contributed by atoms with Crippen molar-refractivity contribution in [3.8, 4) is 5.75 Å². The molecule has 0 saturated carbocycles.